The van der Waals surface area contributed by atoms with Crippen molar-refractivity contribution in [2.45, 2.75) is 33.4 Å². The van der Waals surface area contributed by atoms with Gasteiger partial charge in [0.1, 0.15) is 17.3 Å². The highest BCUT2D eigenvalue weighted by Gasteiger charge is 2.22. The smallest absolute Gasteiger partial charge is 0.272 e. The number of ether oxygens (including phenoxy) is 1. The third-order valence-electron chi connectivity index (χ3n) is 4.46. The number of carbonyl (C=O) groups is 1. The molecule has 0 N–H and O–H groups in total. The van der Waals surface area contributed by atoms with Gasteiger partial charge in [-0.15, -0.1) is 0 Å². The van der Waals surface area contributed by atoms with Gasteiger partial charge in [0.25, 0.3) is 5.91 Å². The molecule has 0 aliphatic carbocycles. The molecule has 1 aliphatic rings. The molecule has 1 saturated heterocycles. The Hall–Kier alpha value is -2.47. The zero-order valence-corrected chi connectivity index (χ0v) is 15.7. The van der Waals surface area contributed by atoms with Gasteiger partial charge in [0.05, 0.1) is 13.2 Å². The second kappa shape index (κ2) is 8.27. The maximum Gasteiger partial charge on any atom is 0.272 e. The van der Waals surface area contributed by atoms with Crippen molar-refractivity contribution in [2.75, 3.05) is 31.2 Å². The summed E-state index contributed by atoms with van der Waals surface area (Å²) in [7, 11) is 0. The number of amides is 1. The summed E-state index contributed by atoms with van der Waals surface area (Å²) in [5, 5.41) is 0. The lowest BCUT2D eigenvalue weighted by Crippen LogP contribution is -2.41. The Bertz CT molecular complexity index is 743. The van der Waals surface area contributed by atoms with E-state index in [9.17, 15) is 4.79 Å². The van der Waals surface area contributed by atoms with Crippen LogP contribution in [-0.4, -0.2) is 53.1 Å². The molecule has 2 heterocycles. The van der Waals surface area contributed by atoms with Gasteiger partial charge in [-0.2, -0.15) is 0 Å². The van der Waals surface area contributed by atoms with Crippen LogP contribution in [0.25, 0.3) is 0 Å². The number of morpholine rings is 1. The Kier molecular flexibility index (Phi) is 5.83. The molecule has 0 saturated carbocycles. The van der Waals surface area contributed by atoms with Gasteiger partial charge in [0.2, 0.25) is 0 Å². The van der Waals surface area contributed by atoms with Gasteiger partial charge in [-0.25, -0.2) is 9.97 Å². The normalized spacial score (nSPS) is 14.5. The lowest BCUT2D eigenvalue weighted by Gasteiger charge is -2.29. The third kappa shape index (κ3) is 4.38. The van der Waals surface area contributed by atoms with Crippen molar-refractivity contribution >= 4 is 11.7 Å². The SMILES string of the molecule is Cc1nc(C(=O)N2CCOCC2)cc(N(Cc2ccccc2)C(C)C)n1. The van der Waals surface area contributed by atoms with Gasteiger partial charge < -0.3 is 14.5 Å². The zero-order chi connectivity index (χ0) is 18.5. The van der Waals surface area contributed by atoms with Crippen LogP contribution in [0.4, 0.5) is 5.82 Å². The van der Waals surface area contributed by atoms with Crippen molar-refractivity contribution in [3.05, 3.63) is 53.5 Å². The van der Waals surface area contributed by atoms with Crippen LogP contribution in [0.2, 0.25) is 0 Å². The van der Waals surface area contributed by atoms with Crippen molar-refractivity contribution < 1.29 is 9.53 Å². The minimum absolute atomic E-state index is 0.0523. The van der Waals surface area contributed by atoms with Crippen molar-refractivity contribution in [1.29, 1.82) is 0 Å². The summed E-state index contributed by atoms with van der Waals surface area (Å²) in [5.74, 6) is 1.34. The molecule has 1 amide bonds. The number of benzene rings is 1. The zero-order valence-electron chi connectivity index (χ0n) is 15.7. The molecule has 6 heteroatoms. The second-order valence-electron chi connectivity index (χ2n) is 6.77. The lowest BCUT2D eigenvalue weighted by molar-refractivity contribution is 0.0299. The third-order valence-corrected chi connectivity index (χ3v) is 4.46. The maximum absolute atomic E-state index is 12.8. The summed E-state index contributed by atoms with van der Waals surface area (Å²) in [6.07, 6.45) is 0. The number of hydrogen-bond donors (Lipinski definition) is 0. The number of anilines is 1. The van der Waals surface area contributed by atoms with Crippen molar-refractivity contribution in [1.82, 2.24) is 14.9 Å². The fourth-order valence-electron chi connectivity index (χ4n) is 3.05. The number of aryl methyl sites for hydroxylation is 1. The summed E-state index contributed by atoms with van der Waals surface area (Å²) in [6.45, 7) is 9.20. The van der Waals surface area contributed by atoms with Crippen LogP contribution in [0.5, 0.6) is 0 Å². The molecule has 1 aliphatic heterocycles. The average molecular weight is 354 g/mol. The van der Waals surface area contributed by atoms with E-state index in [-0.39, 0.29) is 11.9 Å². The van der Waals surface area contributed by atoms with Gasteiger partial charge in [0.15, 0.2) is 0 Å². The Morgan fingerprint density at radius 2 is 1.88 bits per heavy atom. The minimum atomic E-state index is -0.0523. The minimum Gasteiger partial charge on any atom is -0.378 e. The molecule has 2 aromatic rings. The summed E-state index contributed by atoms with van der Waals surface area (Å²) >= 11 is 0. The van der Waals surface area contributed by atoms with Gasteiger partial charge >= 0.3 is 0 Å². The highest BCUT2D eigenvalue weighted by molar-refractivity contribution is 5.93. The number of aromatic nitrogens is 2. The molecule has 1 aromatic carbocycles. The van der Waals surface area contributed by atoms with Crippen LogP contribution in [0.3, 0.4) is 0 Å². The van der Waals surface area contributed by atoms with E-state index >= 15 is 0 Å². The highest BCUT2D eigenvalue weighted by atomic mass is 16.5. The maximum atomic E-state index is 12.8. The predicted molar refractivity (Wildman–Crippen MR) is 101 cm³/mol. The highest BCUT2D eigenvalue weighted by Crippen LogP contribution is 2.20. The molecular weight excluding hydrogens is 328 g/mol. The molecular formula is C20H26N4O2. The topological polar surface area (TPSA) is 58.6 Å². The average Bonchev–Trinajstić information content (AvgIpc) is 2.66. The molecule has 1 aromatic heterocycles. The molecule has 0 unspecified atom stereocenters. The summed E-state index contributed by atoms with van der Waals surface area (Å²) in [6, 6.07) is 12.3. The fourth-order valence-corrected chi connectivity index (χ4v) is 3.05. The first-order chi connectivity index (χ1) is 12.5. The number of hydrogen-bond acceptors (Lipinski definition) is 5. The van der Waals surface area contributed by atoms with E-state index in [4.69, 9.17) is 4.74 Å². The van der Waals surface area contributed by atoms with Crippen LogP contribution >= 0.6 is 0 Å². The Morgan fingerprint density at radius 1 is 1.19 bits per heavy atom. The Labute approximate surface area is 154 Å². The van der Waals surface area contributed by atoms with Crippen LogP contribution in [0.1, 0.15) is 35.7 Å². The van der Waals surface area contributed by atoms with Crippen molar-refractivity contribution in [3.8, 4) is 0 Å². The number of nitrogens with zero attached hydrogens (tertiary/aromatic N) is 4. The van der Waals surface area contributed by atoms with Gasteiger partial charge in [-0.3, -0.25) is 4.79 Å². The largest absolute Gasteiger partial charge is 0.378 e. The van der Waals surface area contributed by atoms with Crippen molar-refractivity contribution in [3.63, 3.8) is 0 Å². The Balaban J connectivity index is 1.87. The van der Waals surface area contributed by atoms with Crippen LogP contribution in [0.15, 0.2) is 36.4 Å². The quantitative estimate of drug-likeness (QED) is 0.826. The molecule has 0 spiro atoms. The lowest BCUT2D eigenvalue weighted by atomic mass is 10.2. The van der Waals surface area contributed by atoms with Gasteiger partial charge in [-0.05, 0) is 26.3 Å². The first-order valence-corrected chi connectivity index (χ1v) is 9.08. The molecule has 0 bridgehead atoms. The first-order valence-electron chi connectivity index (χ1n) is 9.08. The summed E-state index contributed by atoms with van der Waals surface area (Å²) < 4.78 is 5.33. The van der Waals surface area contributed by atoms with Crippen LogP contribution in [0, 0.1) is 6.92 Å². The van der Waals surface area contributed by atoms with E-state index in [1.165, 1.54) is 5.56 Å². The molecule has 26 heavy (non-hydrogen) atoms. The van der Waals surface area contributed by atoms with Crippen LogP contribution in [-0.2, 0) is 11.3 Å². The monoisotopic (exact) mass is 354 g/mol. The Morgan fingerprint density at radius 3 is 2.54 bits per heavy atom. The van der Waals surface area contributed by atoms with E-state index in [0.29, 0.717) is 37.8 Å². The molecule has 0 radical (unpaired) electrons. The molecule has 6 nitrogen and oxygen atoms in total. The first kappa shape index (κ1) is 18.3. The van der Waals surface area contributed by atoms with Gasteiger partial charge in [-0.1, -0.05) is 30.3 Å². The van der Waals surface area contributed by atoms with E-state index in [2.05, 4.69) is 40.8 Å². The molecule has 0 atom stereocenters. The standard InChI is InChI=1S/C20H26N4O2/c1-15(2)24(14-17-7-5-4-6-8-17)19-13-18(21-16(3)22-19)20(25)23-9-11-26-12-10-23/h4-8,13,15H,9-12,14H2,1-3H3. The number of rotatable bonds is 5. The van der Waals surface area contributed by atoms with Gasteiger partial charge in [0, 0.05) is 31.7 Å². The van der Waals surface area contributed by atoms with Crippen molar-refractivity contribution in [2.24, 2.45) is 0 Å². The molecule has 3 rings (SSSR count). The summed E-state index contributed by atoms with van der Waals surface area (Å²) in [5.41, 5.74) is 1.66. The fraction of sp³-hybridized carbons (Fsp3) is 0.450. The molecule has 138 valence electrons. The predicted octanol–water partition coefficient (Wildman–Crippen LogP) is 2.67. The number of carbonyl (C=O) groups excluding carboxylic acids is 1. The second-order valence-corrected chi connectivity index (χ2v) is 6.77. The van der Waals surface area contributed by atoms with E-state index in [0.717, 1.165) is 12.4 Å². The molecule has 1 fully saturated rings. The van der Waals surface area contributed by atoms with E-state index in [1.54, 1.807) is 4.90 Å². The van der Waals surface area contributed by atoms with E-state index in [1.807, 2.05) is 31.2 Å². The summed E-state index contributed by atoms with van der Waals surface area (Å²) in [4.78, 5) is 25.8. The van der Waals surface area contributed by atoms with E-state index < -0.39 is 0 Å². The van der Waals surface area contributed by atoms with Crippen LogP contribution < -0.4 is 4.90 Å².